The van der Waals surface area contributed by atoms with Gasteiger partial charge in [0.25, 0.3) is 17.0 Å². The largest absolute Gasteiger partial charge is 0.446 e. The number of thiocarbonyl (C=S) groups is 1. The van der Waals surface area contributed by atoms with Crippen LogP contribution >= 0.6 is 12.2 Å². The minimum atomic E-state index is -0.787. The second kappa shape index (κ2) is 4.97. The first kappa shape index (κ1) is 13.5. The number of nitrogens with two attached hydrogens (primary N) is 1. The molecule has 1 atom stereocenters. The summed E-state index contributed by atoms with van der Waals surface area (Å²) in [5.74, 6) is -0.880. The van der Waals surface area contributed by atoms with Gasteiger partial charge in [-0.25, -0.2) is 4.90 Å². The fraction of sp³-hybridized carbons (Fsp3) is 0.308. The van der Waals surface area contributed by atoms with E-state index in [4.69, 9.17) is 22.7 Å². The maximum atomic E-state index is 12.3. The third-order valence-corrected chi connectivity index (χ3v) is 2.98. The van der Waals surface area contributed by atoms with E-state index in [1.807, 2.05) is 13.8 Å². The van der Waals surface area contributed by atoms with Crippen LogP contribution in [-0.2, 0) is 4.74 Å². The summed E-state index contributed by atoms with van der Waals surface area (Å²) in [6.45, 7) is 3.65. The molecule has 6 heteroatoms. The van der Waals surface area contributed by atoms with Gasteiger partial charge in [0.2, 0.25) is 0 Å². The first-order valence-corrected chi connectivity index (χ1v) is 6.27. The van der Waals surface area contributed by atoms with Crippen molar-refractivity contribution in [3.63, 3.8) is 0 Å². The van der Waals surface area contributed by atoms with Gasteiger partial charge in [-0.1, -0.05) is 26.0 Å². The lowest BCUT2D eigenvalue weighted by Gasteiger charge is -2.28. The summed E-state index contributed by atoms with van der Waals surface area (Å²) in [5.41, 5.74) is 6.11. The fourth-order valence-electron chi connectivity index (χ4n) is 2.04. The molecule has 100 valence electrons. The van der Waals surface area contributed by atoms with Crippen molar-refractivity contribution in [3.8, 4) is 0 Å². The van der Waals surface area contributed by atoms with Crippen LogP contribution in [0.3, 0.4) is 0 Å². The Bertz CT molecular complexity index is 522. The average molecular weight is 278 g/mol. The molecule has 19 heavy (non-hydrogen) atoms. The third kappa shape index (κ3) is 2.31. The highest BCUT2D eigenvalue weighted by Crippen LogP contribution is 2.27. The summed E-state index contributed by atoms with van der Waals surface area (Å²) in [6.07, 6.45) is -0.787. The van der Waals surface area contributed by atoms with E-state index in [9.17, 15) is 9.59 Å². The number of imide groups is 1. The average Bonchev–Trinajstić information content (AvgIpc) is 2.60. The zero-order chi connectivity index (χ0) is 14.2. The SMILES string of the molecule is CC(C)C(OC(N)=S)N1C(=O)c2ccccc2C1=O. The van der Waals surface area contributed by atoms with E-state index in [2.05, 4.69) is 0 Å². The summed E-state index contributed by atoms with van der Waals surface area (Å²) < 4.78 is 5.26. The zero-order valence-electron chi connectivity index (χ0n) is 10.6. The summed E-state index contributed by atoms with van der Waals surface area (Å²) >= 11 is 4.70. The van der Waals surface area contributed by atoms with E-state index in [1.54, 1.807) is 24.3 Å². The summed E-state index contributed by atoms with van der Waals surface area (Å²) in [6, 6.07) is 6.67. The molecule has 0 spiro atoms. The van der Waals surface area contributed by atoms with Crippen LogP contribution in [0.2, 0.25) is 0 Å². The quantitative estimate of drug-likeness (QED) is 0.670. The van der Waals surface area contributed by atoms with Crippen LogP contribution in [0.25, 0.3) is 0 Å². The van der Waals surface area contributed by atoms with Crippen molar-refractivity contribution in [1.82, 2.24) is 4.90 Å². The molecule has 0 aromatic heterocycles. The van der Waals surface area contributed by atoms with Gasteiger partial charge in [-0.05, 0) is 24.4 Å². The molecular weight excluding hydrogens is 264 g/mol. The molecule has 2 rings (SSSR count). The van der Waals surface area contributed by atoms with Crippen LogP contribution in [0.1, 0.15) is 34.6 Å². The molecule has 0 saturated heterocycles. The molecule has 0 saturated carbocycles. The summed E-state index contributed by atoms with van der Waals surface area (Å²) in [7, 11) is 0. The Morgan fingerprint density at radius 3 is 2.05 bits per heavy atom. The smallest absolute Gasteiger partial charge is 0.264 e. The molecule has 0 bridgehead atoms. The number of carbonyl (C=O) groups is 2. The van der Waals surface area contributed by atoms with Crippen molar-refractivity contribution in [1.29, 1.82) is 0 Å². The molecule has 2 N–H and O–H groups in total. The van der Waals surface area contributed by atoms with Crippen molar-refractivity contribution in [3.05, 3.63) is 35.4 Å². The van der Waals surface area contributed by atoms with Gasteiger partial charge in [0.1, 0.15) is 0 Å². The lowest BCUT2D eigenvalue weighted by molar-refractivity contribution is 0.00156. The molecule has 1 heterocycles. The minimum Gasteiger partial charge on any atom is -0.446 e. The minimum absolute atomic E-state index is 0.122. The number of amides is 2. The predicted octanol–water partition coefficient (Wildman–Crippen LogP) is 1.52. The van der Waals surface area contributed by atoms with Gasteiger partial charge in [-0.3, -0.25) is 9.59 Å². The maximum absolute atomic E-state index is 12.3. The molecule has 5 nitrogen and oxygen atoms in total. The number of benzene rings is 1. The number of ether oxygens (including phenoxy) is 1. The highest BCUT2D eigenvalue weighted by Gasteiger charge is 2.42. The second-order valence-corrected chi connectivity index (χ2v) is 5.00. The first-order chi connectivity index (χ1) is 8.93. The topological polar surface area (TPSA) is 72.6 Å². The third-order valence-electron chi connectivity index (χ3n) is 2.89. The second-order valence-electron chi connectivity index (χ2n) is 4.60. The van der Waals surface area contributed by atoms with Crippen LogP contribution in [-0.4, -0.2) is 28.1 Å². The molecule has 1 aliphatic heterocycles. The molecular formula is C13H14N2O3S. The molecule has 0 radical (unpaired) electrons. The number of rotatable bonds is 3. The van der Waals surface area contributed by atoms with Crippen molar-refractivity contribution in [2.45, 2.75) is 20.1 Å². The number of hydrogen-bond acceptors (Lipinski definition) is 4. The number of hydrogen-bond donors (Lipinski definition) is 1. The Balaban J connectivity index is 2.39. The fourth-order valence-corrected chi connectivity index (χ4v) is 2.14. The molecule has 1 aliphatic rings. The van der Waals surface area contributed by atoms with Crippen LogP contribution in [0.15, 0.2) is 24.3 Å². The standard InChI is InChI=1S/C13H14N2O3S/c1-7(2)12(18-13(14)19)15-10(16)8-5-3-4-6-9(8)11(15)17/h3-7,12H,1-2H3,(H2,14,19). The van der Waals surface area contributed by atoms with E-state index in [0.717, 1.165) is 4.90 Å². The van der Waals surface area contributed by atoms with Crippen molar-refractivity contribution in [2.24, 2.45) is 11.7 Å². The van der Waals surface area contributed by atoms with Gasteiger partial charge in [0.15, 0.2) is 6.23 Å². The van der Waals surface area contributed by atoms with Gasteiger partial charge in [0.05, 0.1) is 11.1 Å². The van der Waals surface area contributed by atoms with Crippen LogP contribution in [0, 0.1) is 5.92 Å². The van der Waals surface area contributed by atoms with E-state index < -0.39 is 6.23 Å². The van der Waals surface area contributed by atoms with E-state index >= 15 is 0 Å². The van der Waals surface area contributed by atoms with Gasteiger partial charge in [-0.2, -0.15) is 0 Å². The van der Waals surface area contributed by atoms with Crippen LogP contribution in [0.5, 0.6) is 0 Å². The molecule has 2 amide bonds. The van der Waals surface area contributed by atoms with Crippen LogP contribution in [0.4, 0.5) is 0 Å². The normalized spacial score (nSPS) is 15.6. The summed E-state index contributed by atoms with van der Waals surface area (Å²) in [5, 5.41) is -0.185. The van der Waals surface area contributed by atoms with Gasteiger partial charge < -0.3 is 10.5 Å². The number of carbonyl (C=O) groups excluding carboxylic acids is 2. The zero-order valence-corrected chi connectivity index (χ0v) is 11.4. The molecule has 0 aliphatic carbocycles. The van der Waals surface area contributed by atoms with E-state index in [1.165, 1.54) is 0 Å². The van der Waals surface area contributed by atoms with Crippen molar-refractivity contribution in [2.75, 3.05) is 0 Å². The Hall–Kier alpha value is -1.95. The van der Waals surface area contributed by atoms with Gasteiger partial charge >= 0.3 is 0 Å². The van der Waals surface area contributed by atoms with Gasteiger partial charge in [0, 0.05) is 5.92 Å². The lowest BCUT2D eigenvalue weighted by atomic mass is 10.1. The molecule has 1 aromatic rings. The van der Waals surface area contributed by atoms with E-state index in [-0.39, 0.29) is 22.9 Å². The number of nitrogens with zero attached hydrogens (tertiary/aromatic N) is 1. The highest BCUT2D eigenvalue weighted by molar-refractivity contribution is 7.80. The monoisotopic (exact) mass is 278 g/mol. The molecule has 0 fully saturated rings. The first-order valence-electron chi connectivity index (χ1n) is 5.86. The molecule has 1 unspecified atom stereocenters. The van der Waals surface area contributed by atoms with E-state index in [0.29, 0.717) is 11.1 Å². The highest BCUT2D eigenvalue weighted by atomic mass is 32.1. The number of fused-ring (bicyclic) bond motifs is 1. The Labute approximate surface area is 116 Å². The Morgan fingerprint density at radius 2 is 1.68 bits per heavy atom. The molecule has 1 aromatic carbocycles. The maximum Gasteiger partial charge on any atom is 0.264 e. The summed E-state index contributed by atoms with van der Waals surface area (Å²) in [4.78, 5) is 25.6. The Kier molecular flexibility index (Phi) is 3.53. The van der Waals surface area contributed by atoms with Crippen molar-refractivity contribution >= 4 is 29.2 Å². The van der Waals surface area contributed by atoms with Crippen molar-refractivity contribution < 1.29 is 14.3 Å². The lowest BCUT2D eigenvalue weighted by Crippen LogP contribution is -2.46. The van der Waals surface area contributed by atoms with Gasteiger partial charge in [-0.15, -0.1) is 0 Å². The Morgan fingerprint density at radius 1 is 1.21 bits per heavy atom. The predicted molar refractivity (Wildman–Crippen MR) is 73.4 cm³/mol. The van der Waals surface area contributed by atoms with Crippen LogP contribution < -0.4 is 5.73 Å².